The summed E-state index contributed by atoms with van der Waals surface area (Å²) in [7, 11) is 0. The molecule has 4 aromatic rings. The lowest BCUT2D eigenvalue weighted by molar-refractivity contribution is -0.138. The SMILES string of the molecule is N#Cc1ccc(OC2CN(c3cc(-c4c[nH]c(=O)[nH]c4=O)nn4ccnc34)CC2(F)F)cc1C(F)(F)F. The topological polar surface area (TPSA) is 132 Å². The van der Waals surface area contributed by atoms with E-state index in [0.29, 0.717) is 6.07 Å². The van der Waals surface area contributed by atoms with Gasteiger partial charge in [0.1, 0.15) is 11.4 Å². The number of nitriles is 1. The third-order valence-corrected chi connectivity index (χ3v) is 5.73. The Kier molecular flexibility index (Phi) is 5.46. The van der Waals surface area contributed by atoms with Gasteiger partial charge in [-0.2, -0.15) is 23.5 Å². The van der Waals surface area contributed by atoms with E-state index in [1.54, 1.807) is 0 Å². The van der Waals surface area contributed by atoms with Crippen molar-refractivity contribution in [2.24, 2.45) is 0 Å². The van der Waals surface area contributed by atoms with Gasteiger partial charge in [-0.1, -0.05) is 0 Å². The van der Waals surface area contributed by atoms with Crippen molar-refractivity contribution in [2.45, 2.75) is 18.2 Å². The highest BCUT2D eigenvalue weighted by Crippen LogP contribution is 2.38. The predicted molar refractivity (Wildman–Crippen MR) is 117 cm³/mol. The summed E-state index contributed by atoms with van der Waals surface area (Å²) in [5.74, 6) is -3.96. The highest BCUT2D eigenvalue weighted by Gasteiger charge is 2.51. The number of nitrogens with one attached hydrogen (secondary N) is 2. The van der Waals surface area contributed by atoms with Gasteiger partial charge in [0.2, 0.25) is 0 Å². The number of imidazole rings is 1. The molecule has 4 heterocycles. The quantitative estimate of drug-likeness (QED) is 0.396. The number of ether oxygens (including phenoxy) is 1. The lowest BCUT2D eigenvalue weighted by Gasteiger charge is -2.20. The van der Waals surface area contributed by atoms with Crippen LogP contribution in [0.5, 0.6) is 5.75 Å². The summed E-state index contributed by atoms with van der Waals surface area (Å²) >= 11 is 0. The van der Waals surface area contributed by atoms with E-state index in [9.17, 15) is 31.5 Å². The van der Waals surface area contributed by atoms with Gasteiger partial charge in [0.05, 0.1) is 41.5 Å². The largest absolute Gasteiger partial charge is 0.482 e. The minimum Gasteiger partial charge on any atom is -0.482 e. The minimum atomic E-state index is -4.88. The van der Waals surface area contributed by atoms with E-state index in [1.165, 1.54) is 33.9 Å². The lowest BCUT2D eigenvalue weighted by Crippen LogP contribution is -2.36. The molecule has 0 amide bonds. The molecule has 0 aliphatic carbocycles. The molecule has 0 radical (unpaired) electrons. The summed E-state index contributed by atoms with van der Waals surface area (Å²) in [6.45, 7) is -1.31. The monoisotopic (exact) mass is 519 g/mol. The molecule has 5 rings (SSSR count). The van der Waals surface area contributed by atoms with E-state index in [0.717, 1.165) is 18.3 Å². The second-order valence-corrected chi connectivity index (χ2v) is 8.16. The van der Waals surface area contributed by atoms with Gasteiger partial charge < -0.3 is 14.6 Å². The van der Waals surface area contributed by atoms with Crippen molar-refractivity contribution in [1.29, 1.82) is 5.26 Å². The fourth-order valence-electron chi connectivity index (χ4n) is 4.02. The number of fused-ring (bicyclic) bond motifs is 1. The molecule has 190 valence electrons. The van der Waals surface area contributed by atoms with Crippen LogP contribution in [0.15, 0.2) is 52.4 Å². The van der Waals surface area contributed by atoms with Crippen LogP contribution in [0.25, 0.3) is 16.9 Å². The molecule has 2 N–H and O–H groups in total. The van der Waals surface area contributed by atoms with E-state index in [2.05, 4.69) is 20.1 Å². The molecule has 1 aliphatic heterocycles. The normalized spacial score (nSPS) is 17.2. The number of nitrogens with zero attached hydrogens (tertiary/aromatic N) is 5. The standard InChI is InChI=1S/C22H14F5N7O3/c23-21(24)10-33(9-17(21)37-12-2-1-11(7-28)14(5-12)22(25,26)27)16-6-15(32-34-4-3-29-18(16)34)13-8-30-20(36)31-19(13)35/h1-6,8,17H,9-10H2,(H2,30,31,35,36). The average molecular weight is 519 g/mol. The van der Waals surface area contributed by atoms with Crippen LogP contribution < -0.4 is 20.9 Å². The maximum atomic E-state index is 15.0. The fraction of sp³-hybridized carbons (Fsp3) is 0.227. The molecule has 1 unspecified atom stereocenters. The highest BCUT2D eigenvalue weighted by atomic mass is 19.4. The van der Waals surface area contributed by atoms with Gasteiger partial charge in [0, 0.05) is 18.6 Å². The zero-order valence-corrected chi connectivity index (χ0v) is 18.4. The Labute approximate surface area is 202 Å². The van der Waals surface area contributed by atoms with E-state index >= 15 is 0 Å². The Morgan fingerprint density at radius 1 is 1.22 bits per heavy atom. The van der Waals surface area contributed by atoms with E-state index in [4.69, 9.17) is 10.00 Å². The second kappa shape index (κ2) is 8.43. The molecule has 3 aromatic heterocycles. The summed E-state index contributed by atoms with van der Waals surface area (Å²) in [4.78, 5) is 33.3. The number of anilines is 1. The molecule has 1 aliphatic rings. The van der Waals surface area contributed by atoms with Crippen LogP contribution in [0.2, 0.25) is 0 Å². The van der Waals surface area contributed by atoms with E-state index in [-0.39, 0.29) is 22.6 Å². The van der Waals surface area contributed by atoms with Gasteiger partial charge in [0.25, 0.3) is 5.56 Å². The molecule has 0 saturated carbocycles. The molecule has 1 atom stereocenters. The van der Waals surface area contributed by atoms with Crippen LogP contribution in [0.3, 0.4) is 0 Å². The van der Waals surface area contributed by atoms with E-state index in [1.807, 2.05) is 0 Å². The van der Waals surface area contributed by atoms with Crippen LogP contribution in [0, 0.1) is 11.3 Å². The molecular weight excluding hydrogens is 505 g/mol. The number of aromatic amines is 2. The molecule has 15 heteroatoms. The van der Waals surface area contributed by atoms with Crippen molar-refractivity contribution in [2.75, 3.05) is 18.0 Å². The van der Waals surface area contributed by atoms with Crippen molar-refractivity contribution in [3.05, 3.63) is 74.8 Å². The minimum absolute atomic E-state index is 0.0348. The van der Waals surface area contributed by atoms with Gasteiger partial charge in [-0.25, -0.2) is 23.1 Å². The van der Waals surface area contributed by atoms with Gasteiger partial charge >= 0.3 is 17.8 Å². The molecule has 0 bridgehead atoms. The maximum absolute atomic E-state index is 15.0. The lowest BCUT2D eigenvalue weighted by atomic mass is 10.1. The first-order valence-electron chi connectivity index (χ1n) is 10.5. The molecule has 37 heavy (non-hydrogen) atoms. The Hall–Kier alpha value is -4.74. The van der Waals surface area contributed by atoms with Crippen molar-refractivity contribution in [3.63, 3.8) is 0 Å². The smallest absolute Gasteiger partial charge is 0.417 e. The second-order valence-electron chi connectivity index (χ2n) is 8.16. The Balaban J connectivity index is 1.50. The summed E-state index contributed by atoms with van der Waals surface area (Å²) in [6.07, 6.45) is -2.80. The number of benzene rings is 1. The Morgan fingerprint density at radius 3 is 2.70 bits per heavy atom. The number of rotatable bonds is 4. The molecular formula is C22H14F5N7O3. The van der Waals surface area contributed by atoms with Crippen molar-refractivity contribution < 1.29 is 26.7 Å². The van der Waals surface area contributed by atoms with E-state index < -0.39 is 59.4 Å². The van der Waals surface area contributed by atoms with Crippen molar-refractivity contribution in [1.82, 2.24) is 24.6 Å². The molecule has 1 saturated heterocycles. The third kappa shape index (κ3) is 4.37. The van der Waals surface area contributed by atoms with Crippen LogP contribution >= 0.6 is 0 Å². The zero-order valence-electron chi connectivity index (χ0n) is 18.4. The fourth-order valence-corrected chi connectivity index (χ4v) is 4.02. The number of alkyl halides is 5. The highest BCUT2D eigenvalue weighted by molar-refractivity contribution is 5.74. The predicted octanol–water partition coefficient (Wildman–Crippen LogP) is 2.57. The summed E-state index contributed by atoms with van der Waals surface area (Å²) < 4.78 is 76.4. The van der Waals surface area contributed by atoms with Gasteiger partial charge in [-0.3, -0.25) is 9.78 Å². The molecule has 10 nitrogen and oxygen atoms in total. The van der Waals surface area contributed by atoms with Gasteiger partial charge in [-0.05, 0) is 24.3 Å². The number of hydrogen-bond donors (Lipinski definition) is 2. The van der Waals surface area contributed by atoms with Crippen LogP contribution in [-0.4, -0.2) is 49.7 Å². The van der Waals surface area contributed by atoms with Crippen LogP contribution in [0.4, 0.5) is 27.6 Å². The van der Waals surface area contributed by atoms with Gasteiger partial charge in [0.15, 0.2) is 11.8 Å². The van der Waals surface area contributed by atoms with Crippen molar-refractivity contribution >= 4 is 11.3 Å². The molecule has 1 aromatic carbocycles. The average Bonchev–Trinajstić information content (AvgIpc) is 3.41. The third-order valence-electron chi connectivity index (χ3n) is 5.73. The first-order valence-corrected chi connectivity index (χ1v) is 10.5. The number of halogens is 5. The molecule has 0 spiro atoms. The van der Waals surface area contributed by atoms with Crippen molar-refractivity contribution in [3.8, 4) is 23.1 Å². The zero-order chi connectivity index (χ0) is 26.5. The molecule has 1 fully saturated rings. The van der Waals surface area contributed by atoms with Gasteiger partial charge in [-0.15, -0.1) is 0 Å². The summed E-state index contributed by atoms with van der Waals surface area (Å²) in [6, 6.07) is 5.14. The first kappa shape index (κ1) is 24.0. The van der Waals surface area contributed by atoms with Crippen LogP contribution in [0.1, 0.15) is 11.1 Å². The summed E-state index contributed by atoms with van der Waals surface area (Å²) in [5, 5.41) is 13.2. The number of H-pyrrole nitrogens is 2. The Morgan fingerprint density at radius 2 is 2.00 bits per heavy atom. The summed E-state index contributed by atoms with van der Waals surface area (Å²) in [5.41, 5.74) is -3.11. The number of aromatic nitrogens is 5. The first-order chi connectivity index (χ1) is 17.5. The Bertz CT molecular complexity index is 1670. The maximum Gasteiger partial charge on any atom is 0.417 e. The number of hydrogen-bond acceptors (Lipinski definition) is 7. The van der Waals surface area contributed by atoms with Crippen LogP contribution in [-0.2, 0) is 6.18 Å².